The first-order valence-electron chi connectivity index (χ1n) is 12.0. The number of anilines is 1. The van der Waals surface area contributed by atoms with E-state index in [2.05, 4.69) is 53.0 Å². The van der Waals surface area contributed by atoms with Crippen LogP contribution in [0.25, 0.3) is 5.57 Å². The Labute approximate surface area is 187 Å². The van der Waals surface area contributed by atoms with Crippen LogP contribution in [0.5, 0.6) is 5.75 Å². The average molecular weight is 429 g/mol. The highest BCUT2D eigenvalue weighted by Crippen LogP contribution is 2.39. The lowest BCUT2D eigenvalue weighted by atomic mass is 9.95. The molecule has 3 unspecified atom stereocenters. The van der Waals surface area contributed by atoms with E-state index in [0.29, 0.717) is 12.1 Å². The quantitative estimate of drug-likeness (QED) is 0.553. The smallest absolute Gasteiger partial charge is 0.130 e. The fourth-order valence-electron chi connectivity index (χ4n) is 5.15. The number of ether oxygens (including phenoxy) is 2. The summed E-state index contributed by atoms with van der Waals surface area (Å²) >= 11 is 0. The third kappa shape index (κ3) is 6.01. The van der Waals surface area contributed by atoms with E-state index in [-0.39, 0.29) is 6.17 Å². The second-order valence-electron chi connectivity index (χ2n) is 9.44. The Balaban J connectivity index is 1.47. The second kappa shape index (κ2) is 10.8. The summed E-state index contributed by atoms with van der Waals surface area (Å²) in [5, 5.41) is 11.3. The first-order valence-corrected chi connectivity index (χ1v) is 12.0. The lowest BCUT2D eigenvalue weighted by molar-refractivity contribution is 0.190. The summed E-state index contributed by atoms with van der Waals surface area (Å²) in [6.45, 7) is 7.09. The summed E-state index contributed by atoms with van der Waals surface area (Å²) in [6, 6.07) is 5.65. The predicted molar refractivity (Wildman–Crippen MR) is 128 cm³/mol. The summed E-state index contributed by atoms with van der Waals surface area (Å²) in [6.07, 6.45) is 9.29. The van der Waals surface area contributed by atoms with Crippen LogP contribution in [0, 0.1) is 0 Å². The van der Waals surface area contributed by atoms with E-state index < -0.39 is 0 Å². The van der Waals surface area contributed by atoms with Crippen LogP contribution >= 0.6 is 0 Å². The van der Waals surface area contributed by atoms with Crippen LogP contribution in [-0.4, -0.2) is 70.2 Å². The maximum Gasteiger partial charge on any atom is 0.130 e. The van der Waals surface area contributed by atoms with Crippen LogP contribution in [-0.2, 0) is 11.2 Å². The van der Waals surface area contributed by atoms with E-state index >= 15 is 0 Å². The zero-order valence-electron chi connectivity index (χ0n) is 19.5. The van der Waals surface area contributed by atoms with Gasteiger partial charge in [-0.1, -0.05) is 6.08 Å². The van der Waals surface area contributed by atoms with E-state index in [1.165, 1.54) is 28.8 Å². The Hall–Kier alpha value is -1.60. The molecule has 4 rings (SSSR count). The maximum absolute atomic E-state index is 6.08. The summed E-state index contributed by atoms with van der Waals surface area (Å²) in [5.74, 6) is 1.11. The molecule has 1 aromatic rings. The number of likely N-dealkylation sites (N-methyl/N-ethyl adjacent to an activating group) is 1. The minimum absolute atomic E-state index is 0.270. The normalized spacial score (nSPS) is 26.7. The lowest BCUT2D eigenvalue weighted by Crippen LogP contribution is -2.53. The molecule has 3 aliphatic heterocycles. The average Bonchev–Trinajstić information content (AvgIpc) is 3.11. The third-order valence-corrected chi connectivity index (χ3v) is 6.71. The Bertz CT molecular complexity index is 766. The Morgan fingerprint density at radius 1 is 1.26 bits per heavy atom. The van der Waals surface area contributed by atoms with Crippen molar-refractivity contribution in [3.8, 4) is 5.75 Å². The summed E-state index contributed by atoms with van der Waals surface area (Å²) < 4.78 is 11.3. The lowest BCUT2D eigenvalue weighted by Gasteiger charge is -2.36. The highest BCUT2D eigenvalue weighted by Gasteiger charge is 2.27. The van der Waals surface area contributed by atoms with Gasteiger partial charge in [0.15, 0.2) is 0 Å². The van der Waals surface area contributed by atoms with Gasteiger partial charge < -0.3 is 25.0 Å². The van der Waals surface area contributed by atoms with E-state index in [9.17, 15) is 0 Å². The number of rotatable bonds is 8. The van der Waals surface area contributed by atoms with Gasteiger partial charge in [0.25, 0.3) is 0 Å². The van der Waals surface area contributed by atoms with Crippen molar-refractivity contribution in [1.29, 1.82) is 0 Å². The number of hydrogen-bond acceptors (Lipinski definition) is 6. The number of benzene rings is 1. The largest absolute Gasteiger partial charge is 0.492 e. The number of methoxy groups -OCH3 is 1. The molecular weight excluding hydrogens is 388 g/mol. The highest BCUT2D eigenvalue weighted by atomic mass is 16.5. The van der Waals surface area contributed by atoms with Gasteiger partial charge in [-0.3, -0.25) is 5.32 Å². The van der Waals surface area contributed by atoms with Gasteiger partial charge in [-0.2, -0.15) is 0 Å². The highest BCUT2D eigenvalue weighted by molar-refractivity contribution is 5.76. The van der Waals surface area contributed by atoms with Gasteiger partial charge in [0.1, 0.15) is 5.75 Å². The fourth-order valence-corrected chi connectivity index (χ4v) is 5.15. The van der Waals surface area contributed by atoms with Crippen molar-refractivity contribution in [2.75, 3.05) is 52.3 Å². The second-order valence-corrected chi connectivity index (χ2v) is 9.44. The molecule has 3 atom stereocenters. The van der Waals surface area contributed by atoms with Crippen LogP contribution in [0.1, 0.15) is 50.2 Å². The maximum atomic E-state index is 6.08. The molecule has 0 aliphatic carbocycles. The van der Waals surface area contributed by atoms with Crippen molar-refractivity contribution in [3.63, 3.8) is 0 Å². The van der Waals surface area contributed by atoms with Crippen LogP contribution in [0.3, 0.4) is 0 Å². The number of nitrogens with one attached hydrogen (secondary N) is 3. The van der Waals surface area contributed by atoms with Crippen LogP contribution in [0.15, 0.2) is 18.2 Å². The standard InChI is InChI=1S/C25H40N4O2/c1-18-14-21(26-9-5-12-30-3)17-24(27-18)28-22-15-20-8-13-31-25(20)23(16-22)19-6-4-10-29(2)11-7-19/h7,15-16,18,21,24,26-28H,4-6,8-14,17H2,1-3H3. The van der Waals surface area contributed by atoms with Gasteiger partial charge in [0, 0.05) is 55.6 Å². The van der Waals surface area contributed by atoms with Crippen LogP contribution in [0.2, 0.25) is 0 Å². The number of allylic oxidation sites excluding steroid dienone is 1. The molecule has 0 spiro atoms. The van der Waals surface area contributed by atoms with Gasteiger partial charge >= 0.3 is 0 Å². The molecule has 0 bridgehead atoms. The molecular formula is C25H40N4O2. The summed E-state index contributed by atoms with van der Waals surface area (Å²) in [4.78, 5) is 2.39. The molecule has 1 saturated heterocycles. The molecule has 1 aromatic carbocycles. The number of nitrogens with zero attached hydrogens (tertiary/aromatic N) is 1. The molecule has 3 aliphatic rings. The van der Waals surface area contributed by atoms with Crippen LogP contribution in [0.4, 0.5) is 5.69 Å². The van der Waals surface area contributed by atoms with E-state index in [4.69, 9.17) is 9.47 Å². The molecule has 0 amide bonds. The minimum atomic E-state index is 0.270. The molecule has 6 nitrogen and oxygen atoms in total. The summed E-state index contributed by atoms with van der Waals surface area (Å²) in [5.41, 5.74) is 5.29. The van der Waals surface area contributed by atoms with Crippen molar-refractivity contribution in [3.05, 3.63) is 29.3 Å². The zero-order chi connectivity index (χ0) is 21.6. The van der Waals surface area contributed by atoms with Crippen molar-refractivity contribution < 1.29 is 9.47 Å². The van der Waals surface area contributed by atoms with E-state index in [1.807, 2.05) is 0 Å². The van der Waals surface area contributed by atoms with Crippen molar-refractivity contribution in [2.24, 2.45) is 0 Å². The topological polar surface area (TPSA) is 57.8 Å². The molecule has 0 saturated carbocycles. The van der Waals surface area contributed by atoms with Crippen LogP contribution < -0.4 is 20.7 Å². The number of fused-ring (bicyclic) bond motifs is 1. The predicted octanol–water partition coefficient (Wildman–Crippen LogP) is 3.24. The van der Waals surface area contributed by atoms with Crippen molar-refractivity contribution >= 4 is 11.3 Å². The van der Waals surface area contributed by atoms with Gasteiger partial charge in [-0.05, 0) is 76.9 Å². The van der Waals surface area contributed by atoms with Crippen molar-refractivity contribution in [1.82, 2.24) is 15.5 Å². The molecule has 1 fully saturated rings. The minimum Gasteiger partial charge on any atom is -0.492 e. The molecule has 0 radical (unpaired) electrons. The molecule has 172 valence electrons. The Kier molecular flexibility index (Phi) is 7.88. The van der Waals surface area contributed by atoms with E-state index in [0.717, 1.165) is 70.7 Å². The van der Waals surface area contributed by atoms with Gasteiger partial charge in [0.2, 0.25) is 0 Å². The van der Waals surface area contributed by atoms with Gasteiger partial charge in [-0.15, -0.1) is 0 Å². The number of hydrogen-bond donors (Lipinski definition) is 3. The zero-order valence-corrected chi connectivity index (χ0v) is 19.5. The molecule has 6 heteroatoms. The van der Waals surface area contributed by atoms with Crippen molar-refractivity contribution in [2.45, 2.75) is 63.7 Å². The monoisotopic (exact) mass is 428 g/mol. The third-order valence-electron chi connectivity index (χ3n) is 6.71. The fraction of sp³-hybridized carbons (Fsp3) is 0.680. The Morgan fingerprint density at radius 2 is 2.16 bits per heavy atom. The first kappa shape index (κ1) is 22.6. The molecule has 0 aromatic heterocycles. The van der Waals surface area contributed by atoms with Gasteiger partial charge in [-0.25, -0.2) is 0 Å². The van der Waals surface area contributed by atoms with Gasteiger partial charge in [0.05, 0.1) is 12.8 Å². The molecule has 31 heavy (non-hydrogen) atoms. The molecule has 3 N–H and O–H groups in total. The summed E-state index contributed by atoms with van der Waals surface area (Å²) in [7, 11) is 3.97. The Morgan fingerprint density at radius 3 is 3.03 bits per heavy atom. The number of piperidine rings is 1. The molecule has 3 heterocycles. The van der Waals surface area contributed by atoms with E-state index in [1.54, 1.807) is 7.11 Å². The first-order chi connectivity index (χ1) is 15.1. The SMILES string of the molecule is COCCCNC1CC(C)NC(Nc2cc3c(c(C4=CCN(C)CCC4)c2)OCC3)C1.